The Labute approximate surface area is 162 Å². The van der Waals surface area contributed by atoms with Gasteiger partial charge in [-0.15, -0.1) is 11.3 Å². The minimum absolute atomic E-state index is 0.0738. The van der Waals surface area contributed by atoms with Gasteiger partial charge in [-0.05, 0) is 55.0 Å². The second-order valence-corrected chi connectivity index (χ2v) is 8.71. The number of hydrogen-bond donors (Lipinski definition) is 2. The molecular formula is C18H22N2O5S2. The van der Waals surface area contributed by atoms with Crippen molar-refractivity contribution < 1.29 is 22.7 Å². The molecule has 9 heteroatoms. The van der Waals surface area contributed by atoms with E-state index in [4.69, 9.17) is 4.74 Å². The highest BCUT2D eigenvalue weighted by Crippen LogP contribution is 2.14. The lowest BCUT2D eigenvalue weighted by Gasteiger charge is -2.09. The average molecular weight is 411 g/mol. The number of carbonyl (C=O) groups excluding carboxylic acids is 2. The van der Waals surface area contributed by atoms with Gasteiger partial charge in [-0.2, -0.15) is 4.72 Å². The zero-order valence-corrected chi connectivity index (χ0v) is 16.8. The topological polar surface area (TPSA) is 102 Å². The third-order valence-corrected chi connectivity index (χ3v) is 6.17. The van der Waals surface area contributed by atoms with Crippen molar-refractivity contribution in [3.05, 3.63) is 51.7 Å². The fourth-order valence-electron chi connectivity index (χ4n) is 2.15. The molecule has 0 unspecified atom stereocenters. The van der Waals surface area contributed by atoms with Crippen molar-refractivity contribution in [3.63, 3.8) is 0 Å². The van der Waals surface area contributed by atoms with Crippen molar-refractivity contribution in [2.45, 2.75) is 25.2 Å². The molecule has 0 saturated carbocycles. The first-order valence-electron chi connectivity index (χ1n) is 8.29. The SMILES string of the molecule is Cc1ccc(S(=O)(=O)NCC(=O)OCC(=O)NCCc2cccs2)cc1C. The first-order valence-corrected chi connectivity index (χ1v) is 10.7. The molecule has 1 aromatic heterocycles. The molecule has 27 heavy (non-hydrogen) atoms. The lowest BCUT2D eigenvalue weighted by atomic mass is 10.1. The van der Waals surface area contributed by atoms with Gasteiger partial charge in [0.15, 0.2) is 6.61 Å². The van der Waals surface area contributed by atoms with Crippen LogP contribution in [0.4, 0.5) is 0 Å². The standard InChI is InChI=1S/C18H22N2O5S2/c1-13-5-6-16(10-14(13)2)27(23,24)20-11-18(22)25-12-17(21)19-8-7-15-4-3-9-26-15/h3-6,9-10,20H,7-8,11-12H2,1-2H3,(H,19,21). The van der Waals surface area contributed by atoms with Crippen LogP contribution in [0.1, 0.15) is 16.0 Å². The van der Waals surface area contributed by atoms with Crippen LogP contribution < -0.4 is 10.0 Å². The van der Waals surface area contributed by atoms with Crippen LogP contribution in [-0.4, -0.2) is 40.0 Å². The molecule has 7 nitrogen and oxygen atoms in total. The maximum Gasteiger partial charge on any atom is 0.321 e. The molecule has 0 saturated heterocycles. The third-order valence-electron chi connectivity index (χ3n) is 3.83. The van der Waals surface area contributed by atoms with Crippen molar-refractivity contribution >= 4 is 33.2 Å². The molecule has 0 atom stereocenters. The molecule has 146 valence electrons. The Morgan fingerprint density at radius 3 is 2.59 bits per heavy atom. The molecule has 0 aliphatic carbocycles. The van der Waals surface area contributed by atoms with Crippen LogP contribution in [0.25, 0.3) is 0 Å². The summed E-state index contributed by atoms with van der Waals surface area (Å²) < 4.78 is 31.4. The zero-order chi connectivity index (χ0) is 19.9. The molecule has 0 bridgehead atoms. The molecule has 0 radical (unpaired) electrons. The minimum Gasteiger partial charge on any atom is -0.455 e. The zero-order valence-electron chi connectivity index (χ0n) is 15.2. The largest absolute Gasteiger partial charge is 0.455 e. The van der Waals surface area contributed by atoms with E-state index in [1.165, 1.54) is 12.1 Å². The van der Waals surface area contributed by atoms with Gasteiger partial charge in [0.2, 0.25) is 10.0 Å². The van der Waals surface area contributed by atoms with Crippen LogP contribution >= 0.6 is 11.3 Å². The number of nitrogens with one attached hydrogen (secondary N) is 2. The van der Waals surface area contributed by atoms with Crippen LogP contribution in [-0.2, 0) is 30.8 Å². The van der Waals surface area contributed by atoms with E-state index in [-0.39, 0.29) is 4.90 Å². The molecule has 2 rings (SSSR count). The van der Waals surface area contributed by atoms with E-state index in [9.17, 15) is 18.0 Å². The molecule has 1 heterocycles. The predicted molar refractivity (Wildman–Crippen MR) is 103 cm³/mol. The highest BCUT2D eigenvalue weighted by atomic mass is 32.2. The van der Waals surface area contributed by atoms with Crippen LogP contribution in [0.5, 0.6) is 0 Å². The van der Waals surface area contributed by atoms with Crippen molar-refractivity contribution in [1.29, 1.82) is 0 Å². The van der Waals surface area contributed by atoms with Crippen molar-refractivity contribution in [2.24, 2.45) is 0 Å². The summed E-state index contributed by atoms with van der Waals surface area (Å²) in [7, 11) is -3.82. The van der Waals surface area contributed by atoms with Gasteiger partial charge in [0, 0.05) is 11.4 Å². The first kappa shape index (κ1) is 21.1. The maximum absolute atomic E-state index is 12.2. The van der Waals surface area contributed by atoms with E-state index >= 15 is 0 Å². The normalized spacial score (nSPS) is 11.2. The summed E-state index contributed by atoms with van der Waals surface area (Å²) in [6.45, 7) is 3.13. The Morgan fingerprint density at radius 1 is 1.15 bits per heavy atom. The number of benzene rings is 1. The van der Waals surface area contributed by atoms with Crippen molar-refractivity contribution in [2.75, 3.05) is 19.7 Å². The Kier molecular flexibility index (Phi) is 7.52. The molecule has 0 aliphatic rings. The Morgan fingerprint density at radius 2 is 1.93 bits per heavy atom. The lowest BCUT2D eigenvalue weighted by molar-refractivity contribution is -0.147. The second-order valence-electron chi connectivity index (χ2n) is 5.91. The Hall–Kier alpha value is -2.23. The molecule has 2 N–H and O–H groups in total. The summed E-state index contributed by atoms with van der Waals surface area (Å²) in [5.74, 6) is -1.26. The summed E-state index contributed by atoms with van der Waals surface area (Å²) in [6, 6.07) is 8.60. The van der Waals surface area contributed by atoms with E-state index in [0.717, 1.165) is 16.0 Å². The lowest BCUT2D eigenvalue weighted by Crippen LogP contribution is -2.34. The molecule has 2 aromatic rings. The highest BCUT2D eigenvalue weighted by molar-refractivity contribution is 7.89. The number of rotatable bonds is 9. The quantitative estimate of drug-likeness (QED) is 0.611. The predicted octanol–water partition coefficient (Wildman–Crippen LogP) is 1.55. The van der Waals surface area contributed by atoms with E-state index in [2.05, 4.69) is 10.0 Å². The maximum atomic E-state index is 12.2. The third kappa shape index (κ3) is 6.78. The Balaban J connectivity index is 1.71. The summed E-state index contributed by atoms with van der Waals surface area (Å²) in [5, 5.41) is 4.59. The first-order chi connectivity index (χ1) is 12.8. The monoisotopic (exact) mass is 410 g/mol. The van der Waals surface area contributed by atoms with Crippen LogP contribution in [0.3, 0.4) is 0 Å². The van der Waals surface area contributed by atoms with Gasteiger partial charge >= 0.3 is 5.97 Å². The number of sulfonamides is 1. The van der Waals surface area contributed by atoms with E-state index in [0.29, 0.717) is 13.0 Å². The van der Waals surface area contributed by atoms with Gasteiger partial charge in [0.25, 0.3) is 5.91 Å². The fraction of sp³-hybridized carbons (Fsp3) is 0.333. The molecule has 0 fully saturated rings. The van der Waals surface area contributed by atoms with E-state index in [1.807, 2.05) is 24.4 Å². The smallest absolute Gasteiger partial charge is 0.321 e. The van der Waals surface area contributed by atoms with Gasteiger partial charge in [0.05, 0.1) is 4.90 Å². The van der Waals surface area contributed by atoms with Gasteiger partial charge in [-0.25, -0.2) is 8.42 Å². The number of ether oxygens (including phenoxy) is 1. The summed E-state index contributed by atoms with van der Waals surface area (Å²) in [6.07, 6.45) is 0.702. The highest BCUT2D eigenvalue weighted by Gasteiger charge is 2.17. The number of esters is 1. The van der Waals surface area contributed by atoms with Gasteiger partial charge in [-0.1, -0.05) is 12.1 Å². The molecule has 0 spiro atoms. The molecule has 1 aromatic carbocycles. The van der Waals surface area contributed by atoms with E-state index in [1.54, 1.807) is 24.3 Å². The minimum atomic E-state index is -3.82. The van der Waals surface area contributed by atoms with Gasteiger partial charge < -0.3 is 10.1 Å². The second kappa shape index (κ2) is 9.63. The fourth-order valence-corrected chi connectivity index (χ4v) is 3.91. The Bertz CT molecular complexity index is 892. The summed E-state index contributed by atoms with van der Waals surface area (Å²) >= 11 is 1.60. The number of carbonyl (C=O) groups is 2. The number of thiophene rings is 1. The van der Waals surface area contributed by atoms with E-state index < -0.39 is 35.1 Å². The molecular weight excluding hydrogens is 388 g/mol. The number of amides is 1. The summed E-state index contributed by atoms with van der Waals surface area (Å²) in [5.41, 5.74) is 1.80. The van der Waals surface area contributed by atoms with Gasteiger partial charge in [-0.3, -0.25) is 9.59 Å². The van der Waals surface area contributed by atoms with Gasteiger partial charge in [0.1, 0.15) is 6.54 Å². The van der Waals surface area contributed by atoms with Crippen LogP contribution in [0.15, 0.2) is 40.6 Å². The summed E-state index contributed by atoms with van der Waals surface area (Å²) in [4.78, 5) is 24.5. The van der Waals surface area contributed by atoms with Crippen molar-refractivity contribution in [1.82, 2.24) is 10.0 Å². The number of hydrogen-bond acceptors (Lipinski definition) is 6. The number of aryl methyl sites for hydroxylation is 2. The molecule has 1 amide bonds. The molecule has 0 aliphatic heterocycles. The average Bonchev–Trinajstić information content (AvgIpc) is 3.14. The van der Waals surface area contributed by atoms with Crippen LogP contribution in [0.2, 0.25) is 0 Å². The van der Waals surface area contributed by atoms with Crippen LogP contribution in [0, 0.1) is 13.8 Å². The van der Waals surface area contributed by atoms with Crippen molar-refractivity contribution in [3.8, 4) is 0 Å².